The summed E-state index contributed by atoms with van der Waals surface area (Å²) in [6.07, 6.45) is 1.26. The molecule has 0 spiro atoms. The topological polar surface area (TPSA) is 0 Å². The van der Waals surface area contributed by atoms with Gasteiger partial charge in [0.05, 0.1) is 4.85 Å². The van der Waals surface area contributed by atoms with Gasteiger partial charge in [-0.3, -0.25) is 0 Å². The molecule has 0 aliphatic heterocycles. The van der Waals surface area contributed by atoms with Crippen LogP contribution in [0.1, 0.15) is 12.2 Å². The zero-order chi connectivity index (χ0) is 8.39. The van der Waals surface area contributed by atoms with E-state index >= 15 is 0 Å². The molecule has 0 amide bonds. The zero-order valence-electron chi connectivity index (χ0n) is 6.34. The van der Waals surface area contributed by atoms with Crippen LogP contribution in [-0.4, -0.2) is 0 Å². The van der Waals surface area contributed by atoms with Gasteiger partial charge in [-0.2, -0.15) is 0 Å². The quantitative estimate of drug-likeness (QED) is 0.509. The van der Waals surface area contributed by atoms with Crippen LogP contribution >= 0.6 is 54.1 Å². The first-order chi connectivity index (χ1) is 5.92. The maximum Gasteiger partial charge on any atom is 0.0516 e. The highest BCUT2D eigenvalue weighted by atomic mass is 32.3. The number of hydrogen-bond donors (Lipinski definition) is 0. The molecule has 2 aromatic rings. The lowest BCUT2D eigenvalue weighted by Crippen LogP contribution is -1.68. The van der Waals surface area contributed by atoms with E-state index in [0.717, 1.165) is 0 Å². The highest BCUT2D eigenvalue weighted by molar-refractivity contribution is 8.33. The predicted octanol–water partition coefficient (Wildman–Crippen LogP) is 7.46. The van der Waals surface area contributed by atoms with Crippen LogP contribution in [0, 0.1) is 0 Å². The molecule has 60 valence electrons. The van der Waals surface area contributed by atoms with Crippen molar-refractivity contribution in [3.8, 4) is 0 Å². The van der Waals surface area contributed by atoms with Crippen LogP contribution in [0.2, 0.25) is 0 Å². The Labute approximate surface area is 82.8 Å². The molecule has 2 heterocycles. The summed E-state index contributed by atoms with van der Waals surface area (Å²) >= 11 is 0. The van der Waals surface area contributed by atoms with Crippen molar-refractivity contribution in [3.63, 3.8) is 0 Å². The van der Waals surface area contributed by atoms with Gasteiger partial charge in [-0.05, 0) is 65.8 Å². The molecule has 12 heavy (non-hydrogen) atoms. The Balaban J connectivity index is 2.79. The van der Waals surface area contributed by atoms with E-state index in [0.29, 0.717) is 0 Å². The van der Waals surface area contributed by atoms with Crippen molar-refractivity contribution in [3.05, 3.63) is 5.30 Å². The molecule has 2 aromatic heterocycles. The second-order valence-corrected chi connectivity index (χ2v) is 14.6. The summed E-state index contributed by atoms with van der Waals surface area (Å²) in [5.74, 6) is 0. The lowest BCUT2D eigenvalue weighted by atomic mass is 10.4. The number of fused-ring (bicyclic) bond motifs is 1. The second-order valence-electron chi connectivity index (χ2n) is 2.14. The molecule has 0 saturated carbocycles. The predicted molar refractivity (Wildman–Crippen MR) is 70.9 cm³/mol. The molecule has 0 saturated heterocycles. The van der Waals surface area contributed by atoms with Crippen molar-refractivity contribution in [2.45, 2.75) is 13.3 Å². The second kappa shape index (κ2) is 4.98. The van der Waals surface area contributed by atoms with E-state index in [4.69, 9.17) is 0 Å². The molecule has 0 fully saturated rings. The van der Waals surface area contributed by atoms with E-state index in [1.807, 2.05) is 0 Å². The molecule has 0 nitrogen and oxygen atoms in total. The van der Waals surface area contributed by atoms with Gasteiger partial charge in [0.1, 0.15) is 0 Å². The van der Waals surface area contributed by atoms with Crippen molar-refractivity contribution >= 4 is 64.1 Å². The maximum absolute atomic E-state index is 2.29. The molecular formula is C5H5P7. The molecule has 0 atom stereocenters. The van der Waals surface area contributed by atoms with E-state index < -0.39 is 0 Å². The Morgan fingerprint density at radius 2 is 1.67 bits per heavy atom. The molecule has 2 rings (SSSR count). The minimum atomic E-state index is 1.26. The number of rotatable bonds is 1. The summed E-state index contributed by atoms with van der Waals surface area (Å²) in [5.41, 5.74) is 0. The Hall–Kier alpha value is 1.71. The fourth-order valence-corrected chi connectivity index (χ4v) is 18.8. The van der Waals surface area contributed by atoms with Gasteiger partial charge in [0, 0.05) is 5.12 Å². The minimum Gasteiger partial charge on any atom is -0.0609 e. The number of aryl methyl sites for hydroxylation is 1. The SMILES string of the molecule is CCc1pppc2ppppc12. The fraction of sp³-hybridized carbons (Fsp3) is 0.400. The summed E-state index contributed by atoms with van der Waals surface area (Å²) < 4.78 is 0. The highest BCUT2D eigenvalue weighted by Gasteiger charge is 1.99. The summed E-state index contributed by atoms with van der Waals surface area (Å²) in [4.78, 5) is 1.72. The Kier molecular flexibility index (Phi) is 4.25. The Morgan fingerprint density at radius 3 is 2.50 bits per heavy atom. The largest absolute Gasteiger partial charge is 0.0609 e. The van der Waals surface area contributed by atoms with Crippen LogP contribution in [0.4, 0.5) is 0 Å². The molecule has 0 bridgehead atoms. The van der Waals surface area contributed by atoms with Crippen LogP contribution in [0.5, 0.6) is 0 Å². The Morgan fingerprint density at radius 1 is 0.917 bits per heavy atom. The minimum absolute atomic E-state index is 1.26. The molecule has 7 heteroatoms. The highest BCUT2D eigenvalue weighted by Crippen LogP contribution is 2.54. The molecule has 0 aromatic carbocycles. The van der Waals surface area contributed by atoms with Crippen molar-refractivity contribution < 1.29 is 0 Å². The van der Waals surface area contributed by atoms with Crippen molar-refractivity contribution in [2.75, 3.05) is 0 Å². The lowest BCUT2D eigenvalue weighted by Gasteiger charge is -1.98. The molecule has 0 aliphatic rings. The molecule has 0 unspecified atom stereocenters. The third-order valence-corrected chi connectivity index (χ3v) is 16.2. The van der Waals surface area contributed by atoms with E-state index in [2.05, 4.69) is 6.92 Å². The van der Waals surface area contributed by atoms with Gasteiger partial charge in [0.15, 0.2) is 0 Å². The molecule has 0 N–H and O–H groups in total. The first kappa shape index (κ1) is 10.2. The van der Waals surface area contributed by atoms with Gasteiger partial charge in [-0.1, -0.05) is 6.92 Å². The van der Waals surface area contributed by atoms with Crippen molar-refractivity contribution in [2.24, 2.45) is 0 Å². The van der Waals surface area contributed by atoms with Gasteiger partial charge in [0.2, 0.25) is 0 Å². The average molecular weight is 282 g/mol. The molecule has 0 radical (unpaired) electrons. The summed E-state index contributed by atoms with van der Waals surface area (Å²) in [6, 6.07) is 0. The van der Waals surface area contributed by atoms with E-state index in [9.17, 15) is 0 Å². The standard InChI is InChI=1S/C5H5P7/c1-2-3-4-5(8-10-6-3)9-12-11-7-4/h2H2,1H3. The third kappa shape index (κ3) is 2.20. The van der Waals surface area contributed by atoms with Crippen molar-refractivity contribution in [1.82, 2.24) is 0 Å². The van der Waals surface area contributed by atoms with Crippen LogP contribution < -0.4 is 0 Å². The van der Waals surface area contributed by atoms with Crippen LogP contribution in [0.3, 0.4) is 0 Å². The Bertz CT molecular complexity index is 394. The monoisotopic (exact) mass is 282 g/mol. The van der Waals surface area contributed by atoms with Crippen LogP contribution in [-0.2, 0) is 6.42 Å². The first-order valence-corrected chi connectivity index (χ1v) is 13.2. The number of hydrogen-bond acceptors (Lipinski definition) is 0. The summed E-state index contributed by atoms with van der Waals surface area (Å²) in [7, 11) is 11.1. The zero-order valence-corrected chi connectivity index (χ0v) is 12.6. The normalized spacial score (nSPS) is 15.1. The first-order valence-electron chi connectivity index (χ1n) is 3.46. The van der Waals surface area contributed by atoms with Gasteiger partial charge in [-0.25, -0.2) is 0 Å². The van der Waals surface area contributed by atoms with Crippen LogP contribution in [0.25, 0.3) is 9.97 Å². The summed E-state index contributed by atoms with van der Waals surface area (Å²) in [5, 5.41) is 3.42. The van der Waals surface area contributed by atoms with E-state index in [-0.39, 0.29) is 0 Å². The van der Waals surface area contributed by atoms with E-state index in [1.165, 1.54) is 6.42 Å². The lowest BCUT2D eigenvalue weighted by molar-refractivity contribution is 1.20. The van der Waals surface area contributed by atoms with Crippen molar-refractivity contribution in [1.29, 1.82) is 0 Å². The van der Waals surface area contributed by atoms with Gasteiger partial charge in [-0.15, -0.1) is 0 Å². The molecule has 0 aliphatic carbocycles. The summed E-state index contributed by atoms with van der Waals surface area (Å²) in [6.45, 7) is 2.29. The smallest absolute Gasteiger partial charge is 0.0516 e. The van der Waals surface area contributed by atoms with Gasteiger partial charge < -0.3 is 0 Å². The van der Waals surface area contributed by atoms with E-state index in [1.54, 1.807) is 69.4 Å². The fourth-order valence-electron chi connectivity index (χ4n) is 0.878. The third-order valence-electron chi connectivity index (χ3n) is 1.45. The van der Waals surface area contributed by atoms with Gasteiger partial charge in [0.25, 0.3) is 0 Å². The maximum atomic E-state index is 2.29. The van der Waals surface area contributed by atoms with Crippen LogP contribution in [0.15, 0.2) is 0 Å². The molecular weight excluding hydrogens is 277 g/mol. The van der Waals surface area contributed by atoms with Gasteiger partial charge >= 0.3 is 0 Å². The average Bonchev–Trinajstić information content (AvgIpc) is 2.17.